The first-order valence-electron chi connectivity index (χ1n) is 7.90. The molecule has 132 valence electrons. The molecular formula is C21H17BrO4. The van der Waals surface area contributed by atoms with Crippen molar-refractivity contribution in [2.75, 3.05) is 14.2 Å². The number of fused-ring (bicyclic) bond motifs is 1. The van der Waals surface area contributed by atoms with E-state index < -0.39 is 0 Å². The van der Waals surface area contributed by atoms with Crippen molar-refractivity contribution >= 4 is 38.6 Å². The Balaban J connectivity index is 2.02. The number of benzene rings is 3. The molecule has 0 aromatic heterocycles. The zero-order valence-corrected chi connectivity index (χ0v) is 15.9. The summed E-state index contributed by atoms with van der Waals surface area (Å²) < 4.78 is 10.7. The minimum Gasteiger partial charge on any atom is -0.506 e. The molecule has 0 atom stereocenters. The van der Waals surface area contributed by atoms with Crippen LogP contribution in [0.3, 0.4) is 0 Å². The Morgan fingerprint density at radius 2 is 1.73 bits per heavy atom. The van der Waals surface area contributed by atoms with Crippen LogP contribution in [-0.4, -0.2) is 25.1 Å². The van der Waals surface area contributed by atoms with Crippen LogP contribution >= 0.6 is 15.9 Å². The lowest BCUT2D eigenvalue weighted by atomic mass is 10.0. The van der Waals surface area contributed by atoms with Gasteiger partial charge in [0.15, 0.2) is 5.78 Å². The summed E-state index contributed by atoms with van der Waals surface area (Å²) in [6.07, 6.45) is 3.17. The molecule has 0 bridgehead atoms. The maximum Gasteiger partial charge on any atom is 0.193 e. The first-order valence-corrected chi connectivity index (χ1v) is 8.69. The average Bonchev–Trinajstić information content (AvgIpc) is 2.67. The van der Waals surface area contributed by atoms with Gasteiger partial charge in [-0.1, -0.05) is 48.5 Å². The second-order valence-electron chi connectivity index (χ2n) is 5.58. The standard InChI is InChI=1S/C21H17BrO4/c1-25-17-12-18(26-2)20(22)21(24)19(17)16(23)11-10-14-8-5-7-13-6-3-4-9-15(13)14/h3-12,24H,1-2H3/b11-10+. The number of halogens is 1. The van der Waals surface area contributed by atoms with Gasteiger partial charge in [-0.25, -0.2) is 0 Å². The third-order valence-electron chi connectivity index (χ3n) is 4.09. The van der Waals surface area contributed by atoms with Crippen LogP contribution in [0.2, 0.25) is 0 Å². The lowest BCUT2D eigenvalue weighted by Gasteiger charge is -2.13. The summed E-state index contributed by atoms with van der Waals surface area (Å²) in [7, 11) is 2.91. The van der Waals surface area contributed by atoms with Gasteiger partial charge in [-0.05, 0) is 38.3 Å². The van der Waals surface area contributed by atoms with E-state index in [0.717, 1.165) is 16.3 Å². The molecule has 0 spiro atoms. The summed E-state index contributed by atoms with van der Waals surface area (Å²) in [4.78, 5) is 12.7. The number of rotatable bonds is 5. The molecule has 0 amide bonds. The van der Waals surface area contributed by atoms with Crippen molar-refractivity contribution < 1.29 is 19.4 Å². The van der Waals surface area contributed by atoms with Gasteiger partial charge in [0, 0.05) is 6.07 Å². The SMILES string of the molecule is COc1cc(OC)c(C(=O)/C=C/c2cccc3ccccc23)c(O)c1Br. The summed E-state index contributed by atoms with van der Waals surface area (Å²) in [6.45, 7) is 0. The fourth-order valence-corrected chi connectivity index (χ4v) is 3.26. The number of ketones is 1. The van der Waals surface area contributed by atoms with Crippen LogP contribution in [0.4, 0.5) is 0 Å². The fraction of sp³-hybridized carbons (Fsp3) is 0.0952. The molecule has 3 aromatic carbocycles. The molecule has 4 nitrogen and oxygen atoms in total. The fourth-order valence-electron chi connectivity index (χ4n) is 2.79. The molecule has 5 heteroatoms. The molecule has 0 aliphatic heterocycles. The quantitative estimate of drug-likeness (QED) is 0.460. The van der Waals surface area contributed by atoms with Gasteiger partial charge in [0.1, 0.15) is 27.3 Å². The molecule has 0 radical (unpaired) electrons. The Labute approximate surface area is 159 Å². The predicted octanol–water partition coefficient (Wildman–Crippen LogP) is 5.22. The zero-order chi connectivity index (χ0) is 18.7. The van der Waals surface area contributed by atoms with Gasteiger partial charge in [-0.3, -0.25) is 4.79 Å². The van der Waals surface area contributed by atoms with Crippen LogP contribution in [0.15, 0.2) is 59.1 Å². The molecular weight excluding hydrogens is 396 g/mol. The Morgan fingerprint density at radius 1 is 1.04 bits per heavy atom. The van der Waals surface area contributed by atoms with Crippen LogP contribution in [0.25, 0.3) is 16.8 Å². The third kappa shape index (κ3) is 3.30. The molecule has 3 aromatic rings. The predicted molar refractivity (Wildman–Crippen MR) is 106 cm³/mol. The van der Waals surface area contributed by atoms with E-state index >= 15 is 0 Å². The summed E-state index contributed by atoms with van der Waals surface area (Å²) in [5, 5.41) is 12.5. The van der Waals surface area contributed by atoms with E-state index in [1.54, 1.807) is 12.1 Å². The zero-order valence-electron chi connectivity index (χ0n) is 14.3. The highest BCUT2D eigenvalue weighted by Gasteiger charge is 2.21. The van der Waals surface area contributed by atoms with E-state index in [1.165, 1.54) is 20.3 Å². The van der Waals surface area contributed by atoms with Gasteiger partial charge in [-0.15, -0.1) is 0 Å². The maximum atomic E-state index is 12.7. The Kier molecular flexibility index (Phi) is 5.28. The van der Waals surface area contributed by atoms with E-state index in [9.17, 15) is 9.90 Å². The number of hydrogen-bond donors (Lipinski definition) is 1. The first kappa shape index (κ1) is 18.0. The van der Waals surface area contributed by atoms with E-state index in [2.05, 4.69) is 15.9 Å². The van der Waals surface area contributed by atoms with Gasteiger partial charge < -0.3 is 14.6 Å². The minimum absolute atomic E-state index is 0.0802. The lowest BCUT2D eigenvalue weighted by Crippen LogP contribution is -2.01. The summed E-state index contributed by atoms with van der Waals surface area (Å²) >= 11 is 3.24. The van der Waals surface area contributed by atoms with E-state index in [4.69, 9.17) is 9.47 Å². The highest BCUT2D eigenvalue weighted by molar-refractivity contribution is 9.10. The number of phenols is 1. The molecule has 0 heterocycles. The van der Waals surface area contributed by atoms with Crippen LogP contribution in [0.1, 0.15) is 15.9 Å². The normalized spacial score (nSPS) is 11.0. The highest BCUT2D eigenvalue weighted by atomic mass is 79.9. The molecule has 0 saturated carbocycles. The van der Waals surface area contributed by atoms with Gasteiger partial charge in [0.2, 0.25) is 0 Å². The van der Waals surface area contributed by atoms with Crippen molar-refractivity contribution in [2.45, 2.75) is 0 Å². The largest absolute Gasteiger partial charge is 0.506 e. The number of methoxy groups -OCH3 is 2. The third-order valence-corrected chi connectivity index (χ3v) is 4.86. The van der Waals surface area contributed by atoms with Crippen LogP contribution in [-0.2, 0) is 0 Å². The second kappa shape index (κ2) is 7.62. The van der Waals surface area contributed by atoms with Crippen LogP contribution in [0, 0.1) is 0 Å². The van der Waals surface area contributed by atoms with Crippen molar-refractivity contribution in [2.24, 2.45) is 0 Å². The molecule has 0 unspecified atom stereocenters. The van der Waals surface area contributed by atoms with E-state index in [-0.39, 0.29) is 22.8 Å². The first-order chi connectivity index (χ1) is 12.6. The molecule has 26 heavy (non-hydrogen) atoms. The van der Waals surface area contributed by atoms with Crippen LogP contribution in [0.5, 0.6) is 17.2 Å². The molecule has 0 aliphatic carbocycles. The molecule has 0 fully saturated rings. The van der Waals surface area contributed by atoms with Gasteiger partial charge in [0.05, 0.1) is 14.2 Å². The second-order valence-corrected chi connectivity index (χ2v) is 6.38. The lowest BCUT2D eigenvalue weighted by molar-refractivity contribution is 0.104. The van der Waals surface area contributed by atoms with E-state index in [1.807, 2.05) is 42.5 Å². The monoisotopic (exact) mass is 412 g/mol. The number of hydrogen-bond acceptors (Lipinski definition) is 4. The Hall–Kier alpha value is -2.79. The molecule has 3 rings (SSSR count). The highest BCUT2D eigenvalue weighted by Crippen LogP contribution is 2.42. The summed E-state index contributed by atoms with van der Waals surface area (Å²) in [5.74, 6) is 0.0495. The number of phenolic OH excluding ortho intramolecular Hbond substituents is 1. The van der Waals surface area contributed by atoms with Crippen molar-refractivity contribution in [3.63, 3.8) is 0 Å². The minimum atomic E-state index is -0.365. The number of allylic oxidation sites excluding steroid dienone is 1. The molecule has 1 N–H and O–H groups in total. The number of carbonyl (C=O) groups excluding carboxylic acids is 1. The van der Waals surface area contributed by atoms with Gasteiger partial charge >= 0.3 is 0 Å². The summed E-state index contributed by atoms with van der Waals surface area (Å²) in [6, 6.07) is 15.4. The van der Waals surface area contributed by atoms with Crippen molar-refractivity contribution in [1.29, 1.82) is 0 Å². The average molecular weight is 413 g/mol. The van der Waals surface area contributed by atoms with Crippen molar-refractivity contribution in [3.8, 4) is 17.2 Å². The smallest absolute Gasteiger partial charge is 0.193 e. The van der Waals surface area contributed by atoms with Crippen molar-refractivity contribution in [3.05, 3.63) is 70.2 Å². The van der Waals surface area contributed by atoms with Crippen LogP contribution < -0.4 is 9.47 Å². The van der Waals surface area contributed by atoms with E-state index in [0.29, 0.717) is 10.2 Å². The maximum absolute atomic E-state index is 12.7. The number of carbonyl (C=O) groups is 1. The van der Waals surface area contributed by atoms with Gasteiger partial charge in [0.25, 0.3) is 0 Å². The Morgan fingerprint density at radius 3 is 2.46 bits per heavy atom. The Bertz CT molecular complexity index is 1000. The number of ether oxygens (including phenoxy) is 2. The van der Waals surface area contributed by atoms with Gasteiger partial charge in [-0.2, -0.15) is 0 Å². The topological polar surface area (TPSA) is 55.8 Å². The molecule has 0 saturated heterocycles. The van der Waals surface area contributed by atoms with Crippen molar-refractivity contribution in [1.82, 2.24) is 0 Å². The molecule has 0 aliphatic rings. The summed E-state index contributed by atoms with van der Waals surface area (Å²) in [5.41, 5.74) is 0.999. The number of aromatic hydroxyl groups is 1.